The zero-order valence-corrected chi connectivity index (χ0v) is 14.9. The molecule has 0 aromatic heterocycles. The van der Waals surface area contributed by atoms with E-state index in [2.05, 4.69) is 10.6 Å². The molecule has 0 aliphatic carbocycles. The van der Waals surface area contributed by atoms with E-state index in [1.54, 1.807) is 59.7 Å². The minimum absolute atomic E-state index is 0.524. The fourth-order valence-corrected chi connectivity index (χ4v) is 1.67. The molecule has 0 fully saturated rings. The fourth-order valence-electron chi connectivity index (χ4n) is 1.67. The van der Waals surface area contributed by atoms with Crippen LogP contribution in [0.4, 0.5) is 21.0 Å². The highest BCUT2D eigenvalue weighted by atomic mass is 16.6. The normalized spacial score (nSPS) is 11.6. The molecule has 23 heavy (non-hydrogen) atoms. The van der Waals surface area contributed by atoms with E-state index < -0.39 is 23.4 Å². The van der Waals surface area contributed by atoms with Gasteiger partial charge in [-0.05, 0) is 66.2 Å². The molecule has 1 aromatic carbocycles. The molecule has 0 radical (unpaired) electrons. The Bertz CT molecular complexity index is 583. The van der Waals surface area contributed by atoms with Gasteiger partial charge in [0.05, 0.1) is 0 Å². The predicted octanol–water partition coefficient (Wildman–Crippen LogP) is 4.69. The second-order valence-electron chi connectivity index (χ2n) is 7.28. The molecule has 0 aliphatic heterocycles. The summed E-state index contributed by atoms with van der Waals surface area (Å²) in [5.74, 6) is 0. The SMILES string of the molecule is Cc1ccc(NC(=O)OC(C)(C)C)cc1NC(=O)OC(C)(C)C. The number of rotatable bonds is 2. The summed E-state index contributed by atoms with van der Waals surface area (Å²) in [6.07, 6.45) is -1.10. The van der Waals surface area contributed by atoms with Crippen LogP contribution in [0.15, 0.2) is 18.2 Å². The molecule has 128 valence electrons. The number of anilines is 2. The van der Waals surface area contributed by atoms with Crippen LogP contribution in [0.5, 0.6) is 0 Å². The summed E-state index contributed by atoms with van der Waals surface area (Å²) >= 11 is 0. The number of ether oxygens (including phenoxy) is 2. The van der Waals surface area contributed by atoms with E-state index in [0.29, 0.717) is 11.4 Å². The first kappa shape index (κ1) is 18.8. The van der Waals surface area contributed by atoms with E-state index in [4.69, 9.17) is 9.47 Å². The largest absolute Gasteiger partial charge is 0.444 e. The first-order valence-corrected chi connectivity index (χ1v) is 7.46. The van der Waals surface area contributed by atoms with Gasteiger partial charge >= 0.3 is 12.2 Å². The summed E-state index contributed by atoms with van der Waals surface area (Å²) in [7, 11) is 0. The maximum Gasteiger partial charge on any atom is 0.412 e. The third-order valence-electron chi connectivity index (χ3n) is 2.52. The summed E-state index contributed by atoms with van der Waals surface area (Å²) in [5, 5.41) is 5.31. The van der Waals surface area contributed by atoms with Crippen molar-refractivity contribution < 1.29 is 19.1 Å². The lowest BCUT2D eigenvalue weighted by molar-refractivity contribution is 0.0625. The molecule has 6 heteroatoms. The monoisotopic (exact) mass is 322 g/mol. The first-order chi connectivity index (χ1) is 10.4. The van der Waals surface area contributed by atoms with Gasteiger partial charge in [-0.25, -0.2) is 9.59 Å². The van der Waals surface area contributed by atoms with Crippen molar-refractivity contribution in [3.63, 3.8) is 0 Å². The van der Waals surface area contributed by atoms with Crippen molar-refractivity contribution in [2.45, 2.75) is 59.7 Å². The quantitative estimate of drug-likeness (QED) is 0.828. The van der Waals surface area contributed by atoms with Crippen LogP contribution in [0.25, 0.3) is 0 Å². The molecule has 0 spiro atoms. The Kier molecular flexibility index (Phi) is 5.64. The van der Waals surface area contributed by atoms with Crippen LogP contribution in [0, 0.1) is 6.92 Å². The van der Waals surface area contributed by atoms with Crippen molar-refractivity contribution in [2.75, 3.05) is 10.6 Å². The second-order valence-corrected chi connectivity index (χ2v) is 7.28. The summed E-state index contributed by atoms with van der Waals surface area (Å²) in [6, 6.07) is 5.18. The third kappa shape index (κ3) is 7.54. The molecule has 1 aromatic rings. The Morgan fingerprint density at radius 1 is 0.870 bits per heavy atom. The summed E-state index contributed by atoms with van der Waals surface area (Å²) in [5.41, 5.74) is 0.783. The van der Waals surface area contributed by atoms with Crippen LogP contribution in [-0.4, -0.2) is 23.4 Å². The molecule has 0 heterocycles. The number of hydrogen-bond donors (Lipinski definition) is 2. The minimum Gasteiger partial charge on any atom is -0.444 e. The smallest absolute Gasteiger partial charge is 0.412 e. The Hall–Kier alpha value is -2.24. The molecule has 6 nitrogen and oxygen atoms in total. The van der Waals surface area contributed by atoms with E-state index in [-0.39, 0.29) is 0 Å². The summed E-state index contributed by atoms with van der Waals surface area (Å²) in [6.45, 7) is 12.6. The van der Waals surface area contributed by atoms with Gasteiger partial charge in [-0.2, -0.15) is 0 Å². The van der Waals surface area contributed by atoms with Gasteiger partial charge in [0.2, 0.25) is 0 Å². The van der Waals surface area contributed by atoms with Crippen LogP contribution in [-0.2, 0) is 9.47 Å². The zero-order valence-electron chi connectivity index (χ0n) is 14.9. The van der Waals surface area contributed by atoms with Crippen molar-refractivity contribution in [1.82, 2.24) is 0 Å². The van der Waals surface area contributed by atoms with Crippen molar-refractivity contribution in [3.05, 3.63) is 23.8 Å². The van der Waals surface area contributed by atoms with Crippen LogP contribution in [0.2, 0.25) is 0 Å². The number of amides is 2. The summed E-state index contributed by atoms with van der Waals surface area (Å²) in [4.78, 5) is 23.6. The Morgan fingerprint density at radius 3 is 1.83 bits per heavy atom. The molecule has 0 saturated heterocycles. The maximum atomic E-state index is 11.9. The number of carbonyl (C=O) groups is 2. The van der Waals surface area contributed by atoms with Crippen molar-refractivity contribution in [3.8, 4) is 0 Å². The van der Waals surface area contributed by atoms with Gasteiger partial charge in [0.15, 0.2) is 0 Å². The lowest BCUT2D eigenvalue weighted by atomic mass is 10.2. The average Bonchev–Trinajstić information content (AvgIpc) is 2.28. The third-order valence-corrected chi connectivity index (χ3v) is 2.52. The van der Waals surface area contributed by atoms with Crippen molar-refractivity contribution >= 4 is 23.6 Å². The molecular weight excluding hydrogens is 296 g/mol. The number of hydrogen-bond acceptors (Lipinski definition) is 4. The number of aryl methyl sites for hydroxylation is 1. The Morgan fingerprint density at radius 2 is 1.35 bits per heavy atom. The van der Waals surface area contributed by atoms with Crippen LogP contribution in [0.1, 0.15) is 47.1 Å². The minimum atomic E-state index is -0.579. The van der Waals surface area contributed by atoms with E-state index in [1.807, 2.05) is 6.92 Å². The molecule has 0 saturated carbocycles. The van der Waals surface area contributed by atoms with Gasteiger partial charge in [0.25, 0.3) is 0 Å². The summed E-state index contributed by atoms with van der Waals surface area (Å²) < 4.78 is 10.4. The van der Waals surface area contributed by atoms with Crippen molar-refractivity contribution in [2.24, 2.45) is 0 Å². The molecule has 2 amide bonds. The topological polar surface area (TPSA) is 76.7 Å². The maximum absolute atomic E-state index is 11.9. The average molecular weight is 322 g/mol. The highest BCUT2D eigenvalue weighted by molar-refractivity contribution is 5.89. The highest BCUT2D eigenvalue weighted by Crippen LogP contribution is 2.22. The molecular formula is C17H26N2O4. The molecule has 1 rings (SSSR count). The van der Waals surface area contributed by atoms with Gasteiger partial charge < -0.3 is 9.47 Å². The second kappa shape index (κ2) is 6.89. The molecule has 0 aliphatic rings. The van der Waals surface area contributed by atoms with Gasteiger partial charge in [0, 0.05) is 11.4 Å². The van der Waals surface area contributed by atoms with Gasteiger partial charge in [-0.1, -0.05) is 6.07 Å². The van der Waals surface area contributed by atoms with Gasteiger partial charge in [-0.3, -0.25) is 10.6 Å². The number of nitrogens with one attached hydrogen (secondary N) is 2. The fraction of sp³-hybridized carbons (Fsp3) is 0.529. The predicted molar refractivity (Wildman–Crippen MR) is 90.9 cm³/mol. The number of carbonyl (C=O) groups excluding carboxylic acids is 2. The lowest BCUT2D eigenvalue weighted by Gasteiger charge is -2.21. The van der Waals surface area contributed by atoms with E-state index in [9.17, 15) is 9.59 Å². The van der Waals surface area contributed by atoms with Crippen molar-refractivity contribution in [1.29, 1.82) is 0 Å². The van der Waals surface area contributed by atoms with Crippen LogP contribution < -0.4 is 10.6 Å². The molecule has 0 bridgehead atoms. The van der Waals surface area contributed by atoms with Gasteiger partial charge in [-0.15, -0.1) is 0 Å². The highest BCUT2D eigenvalue weighted by Gasteiger charge is 2.18. The first-order valence-electron chi connectivity index (χ1n) is 7.46. The van der Waals surface area contributed by atoms with Crippen LogP contribution in [0.3, 0.4) is 0 Å². The zero-order chi connectivity index (χ0) is 17.8. The van der Waals surface area contributed by atoms with Gasteiger partial charge in [0.1, 0.15) is 11.2 Å². The molecule has 0 unspecified atom stereocenters. The van der Waals surface area contributed by atoms with E-state index in [0.717, 1.165) is 5.56 Å². The molecule has 0 atom stereocenters. The van der Waals surface area contributed by atoms with E-state index in [1.165, 1.54) is 0 Å². The standard InChI is InChI=1S/C17H26N2O4/c1-11-8-9-12(18-14(20)22-16(2,3)4)10-13(11)19-15(21)23-17(5,6)7/h8-10H,1-7H3,(H,18,20)(H,19,21). The molecule has 2 N–H and O–H groups in total. The number of benzene rings is 1. The Balaban J connectivity index is 2.79. The van der Waals surface area contributed by atoms with Crippen LogP contribution >= 0.6 is 0 Å². The Labute approximate surface area is 137 Å². The van der Waals surface area contributed by atoms with E-state index >= 15 is 0 Å². The lowest BCUT2D eigenvalue weighted by Crippen LogP contribution is -2.28.